The molecule has 0 saturated carbocycles. The normalized spacial score (nSPS) is 10.2. The first-order valence-corrected chi connectivity index (χ1v) is 7.15. The summed E-state index contributed by atoms with van der Waals surface area (Å²) in [6, 6.07) is 10.9. The van der Waals surface area contributed by atoms with Crippen LogP contribution in [-0.2, 0) is 0 Å². The fourth-order valence-electron chi connectivity index (χ4n) is 1.79. The van der Waals surface area contributed by atoms with Crippen molar-refractivity contribution in [3.8, 4) is 5.82 Å². The van der Waals surface area contributed by atoms with E-state index in [1.807, 2.05) is 18.2 Å². The Hall–Kier alpha value is -2.51. The van der Waals surface area contributed by atoms with Crippen LogP contribution in [0.25, 0.3) is 5.82 Å². The van der Waals surface area contributed by atoms with Crippen LogP contribution in [-0.4, -0.2) is 24.9 Å². The number of halogens is 1. The summed E-state index contributed by atoms with van der Waals surface area (Å²) in [7, 11) is 0. The average molecular weight is 331 g/mol. The molecular formula is C14H11ClN6S. The summed E-state index contributed by atoms with van der Waals surface area (Å²) in [5.74, 6) is 1.22. The van der Waals surface area contributed by atoms with Crippen molar-refractivity contribution in [1.82, 2.24) is 19.7 Å². The zero-order chi connectivity index (χ0) is 15.4. The molecule has 0 aliphatic rings. The average Bonchev–Trinajstić information content (AvgIpc) is 3.01. The standard InChI is InChI=1S/C14H11ClN6S/c15-10-3-1-4-11(7-10)19-14(22)20-12-8-13(17-9-16-12)21-6-2-5-18-21/h1-9H,(H2,16,17,19,20,22). The van der Waals surface area contributed by atoms with E-state index in [0.29, 0.717) is 21.8 Å². The largest absolute Gasteiger partial charge is 0.332 e. The van der Waals surface area contributed by atoms with Gasteiger partial charge in [-0.25, -0.2) is 14.6 Å². The quantitative estimate of drug-likeness (QED) is 0.719. The lowest BCUT2D eigenvalue weighted by molar-refractivity contribution is 0.840. The second-order valence-electron chi connectivity index (χ2n) is 4.30. The monoisotopic (exact) mass is 330 g/mol. The van der Waals surface area contributed by atoms with Gasteiger partial charge in [-0.15, -0.1) is 0 Å². The molecule has 3 rings (SSSR count). The molecule has 2 heterocycles. The molecule has 0 amide bonds. The van der Waals surface area contributed by atoms with Crippen LogP contribution in [0, 0.1) is 0 Å². The summed E-state index contributed by atoms with van der Waals surface area (Å²) >= 11 is 11.2. The second kappa shape index (κ2) is 6.50. The van der Waals surface area contributed by atoms with Crippen LogP contribution in [0.5, 0.6) is 0 Å². The Morgan fingerprint density at radius 1 is 1.14 bits per heavy atom. The summed E-state index contributed by atoms with van der Waals surface area (Å²) < 4.78 is 1.64. The number of hydrogen-bond donors (Lipinski definition) is 2. The van der Waals surface area contributed by atoms with E-state index in [2.05, 4.69) is 25.7 Å². The Labute approximate surface area is 137 Å². The molecule has 2 N–H and O–H groups in total. The Morgan fingerprint density at radius 3 is 2.82 bits per heavy atom. The molecule has 110 valence electrons. The summed E-state index contributed by atoms with van der Waals surface area (Å²) in [5.41, 5.74) is 0.798. The second-order valence-corrected chi connectivity index (χ2v) is 5.15. The Morgan fingerprint density at radius 2 is 2.05 bits per heavy atom. The Bertz CT molecular complexity index is 790. The van der Waals surface area contributed by atoms with Crippen molar-refractivity contribution in [3.63, 3.8) is 0 Å². The summed E-state index contributed by atoms with van der Waals surface area (Å²) in [6.45, 7) is 0. The highest BCUT2D eigenvalue weighted by Gasteiger charge is 2.04. The SMILES string of the molecule is S=C(Nc1cccc(Cl)c1)Nc1cc(-n2cccn2)ncn1. The van der Waals surface area contributed by atoms with E-state index in [9.17, 15) is 0 Å². The predicted molar refractivity (Wildman–Crippen MR) is 90.4 cm³/mol. The molecule has 6 nitrogen and oxygen atoms in total. The van der Waals surface area contributed by atoms with Gasteiger partial charge in [-0.1, -0.05) is 17.7 Å². The lowest BCUT2D eigenvalue weighted by Gasteiger charge is -2.10. The molecule has 0 bridgehead atoms. The number of aromatic nitrogens is 4. The Kier molecular flexibility index (Phi) is 4.27. The fraction of sp³-hybridized carbons (Fsp3) is 0. The highest BCUT2D eigenvalue weighted by molar-refractivity contribution is 7.80. The number of benzene rings is 1. The van der Waals surface area contributed by atoms with Gasteiger partial charge < -0.3 is 10.6 Å². The van der Waals surface area contributed by atoms with Crippen molar-refractivity contribution in [3.05, 3.63) is 60.1 Å². The lowest BCUT2D eigenvalue weighted by Crippen LogP contribution is -2.20. The van der Waals surface area contributed by atoms with E-state index in [1.54, 1.807) is 35.3 Å². The summed E-state index contributed by atoms with van der Waals surface area (Å²) in [4.78, 5) is 8.28. The first-order valence-electron chi connectivity index (χ1n) is 6.36. The van der Waals surface area contributed by atoms with E-state index >= 15 is 0 Å². The van der Waals surface area contributed by atoms with Crippen molar-refractivity contribution in [1.29, 1.82) is 0 Å². The maximum Gasteiger partial charge on any atom is 0.176 e. The molecular weight excluding hydrogens is 320 g/mol. The third-order valence-corrected chi connectivity index (χ3v) is 3.16. The Balaban J connectivity index is 1.70. The highest BCUT2D eigenvalue weighted by atomic mass is 35.5. The molecule has 3 aromatic rings. The van der Waals surface area contributed by atoms with Crippen molar-refractivity contribution in [2.24, 2.45) is 0 Å². The molecule has 0 aliphatic carbocycles. The van der Waals surface area contributed by atoms with Gasteiger partial charge in [0, 0.05) is 29.2 Å². The van der Waals surface area contributed by atoms with Crippen LogP contribution in [0.4, 0.5) is 11.5 Å². The molecule has 0 atom stereocenters. The van der Waals surface area contributed by atoms with Crippen LogP contribution in [0.15, 0.2) is 55.1 Å². The van der Waals surface area contributed by atoms with Crippen molar-refractivity contribution >= 4 is 40.4 Å². The topological polar surface area (TPSA) is 67.7 Å². The molecule has 0 unspecified atom stereocenters. The number of hydrogen-bond acceptors (Lipinski definition) is 4. The highest BCUT2D eigenvalue weighted by Crippen LogP contribution is 2.15. The molecule has 8 heteroatoms. The predicted octanol–water partition coefficient (Wildman–Crippen LogP) is 3.12. The van der Waals surface area contributed by atoms with E-state index in [1.165, 1.54) is 6.33 Å². The molecule has 0 spiro atoms. The molecule has 0 fully saturated rings. The first kappa shape index (κ1) is 14.4. The van der Waals surface area contributed by atoms with Gasteiger partial charge in [0.25, 0.3) is 0 Å². The first-order chi connectivity index (χ1) is 10.7. The maximum absolute atomic E-state index is 5.93. The fourth-order valence-corrected chi connectivity index (χ4v) is 2.20. The minimum absolute atomic E-state index is 0.410. The summed E-state index contributed by atoms with van der Waals surface area (Å²) in [6.07, 6.45) is 4.93. The smallest absolute Gasteiger partial charge is 0.176 e. The number of nitrogens with one attached hydrogen (secondary N) is 2. The van der Waals surface area contributed by atoms with Crippen LogP contribution < -0.4 is 10.6 Å². The third-order valence-electron chi connectivity index (χ3n) is 2.72. The molecule has 0 aliphatic heterocycles. The van der Waals surface area contributed by atoms with E-state index in [0.717, 1.165) is 5.69 Å². The van der Waals surface area contributed by atoms with E-state index < -0.39 is 0 Å². The minimum Gasteiger partial charge on any atom is -0.332 e. The van der Waals surface area contributed by atoms with Crippen molar-refractivity contribution in [2.75, 3.05) is 10.6 Å². The van der Waals surface area contributed by atoms with E-state index in [-0.39, 0.29) is 0 Å². The molecule has 0 radical (unpaired) electrons. The van der Waals surface area contributed by atoms with Gasteiger partial charge in [-0.05, 0) is 36.5 Å². The van der Waals surface area contributed by atoms with Gasteiger partial charge in [0.2, 0.25) is 0 Å². The van der Waals surface area contributed by atoms with Crippen LogP contribution in [0.2, 0.25) is 5.02 Å². The van der Waals surface area contributed by atoms with Crippen molar-refractivity contribution in [2.45, 2.75) is 0 Å². The van der Waals surface area contributed by atoms with Crippen molar-refractivity contribution < 1.29 is 0 Å². The van der Waals surface area contributed by atoms with Gasteiger partial charge in [0.05, 0.1) is 0 Å². The molecule has 22 heavy (non-hydrogen) atoms. The van der Waals surface area contributed by atoms with Crippen LogP contribution in [0.3, 0.4) is 0 Å². The summed E-state index contributed by atoms with van der Waals surface area (Å²) in [5, 5.41) is 11.2. The van der Waals surface area contributed by atoms with Crippen LogP contribution >= 0.6 is 23.8 Å². The maximum atomic E-state index is 5.93. The molecule has 2 aromatic heterocycles. The number of thiocarbonyl (C=S) groups is 1. The van der Waals surface area contributed by atoms with Gasteiger partial charge >= 0.3 is 0 Å². The van der Waals surface area contributed by atoms with Gasteiger partial charge in [-0.3, -0.25) is 0 Å². The lowest BCUT2D eigenvalue weighted by atomic mass is 10.3. The van der Waals surface area contributed by atoms with E-state index in [4.69, 9.17) is 23.8 Å². The van der Waals surface area contributed by atoms with Crippen LogP contribution in [0.1, 0.15) is 0 Å². The van der Waals surface area contributed by atoms with Gasteiger partial charge in [-0.2, -0.15) is 5.10 Å². The van der Waals surface area contributed by atoms with Gasteiger partial charge in [0.1, 0.15) is 12.1 Å². The number of anilines is 2. The zero-order valence-corrected chi connectivity index (χ0v) is 12.8. The third kappa shape index (κ3) is 3.57. The minimum atomic E-state index is 0.410. The molecule has 0 saturated heterocycles. The number of nitrogens with zero attached hydrogens (tertiary/aromatic N) is 4. The zero-order valence-electron chi connectivity index (χ0n) is 11.3. The van der Waals surface area contributed by atoms with Gasteiger partial charge in [0.15, 0.2) is 10.9 Å². The number of rotatable bonds is 3. The molecule has 1 aromatic carbocycles.